The maximum atomic E-state index is 12.8. The molecule has 0 spiro atoms. The number of carbonyl (C=O) groups excluding carboxylic acids is 2. The van der Waals surface area contributed by atoms with E-state index in [4.69, 9.17) is 11.6 Å². The number of fused-ring (bicyclic) bond motifs is 1. The normalized spacial score (nSPS) is 12.9. The topological polar surface area (TPSA) is 69.6 Å². The number of aromatic hydroxyl groups is 1. The molecule has 0 radical (unpaired) electrons. The lowest BCUT2D eigenvalue weighted by Crippen LogP contribution is -2.29. The highest BCUT2D eigenvalue weighted by Crippen LogP contribution is 2.33. The van der Waals surface area contributed by atoms with Crippen LogP contribution < -0.4 is 10.2 Å². The summed E-state index contributed by atoms with van der Waals surface area (Å²) in [6.45, 7) is 1.91. The van der Waals surface area contributed by atoms with Gasteiger partial charge in [0.25, 0.3) is 5.91 Å². The van der Waals surface area contributed by atoms with E-state index >= 15 is 0 Å². The van der Waals surface area contributed by atoms with Gasteiger partial charge in [-0.25, -0.2) is 0 Å². The average Bonchev–Trinajstić information content (AvgIpc) is 2.91. The first kappa shape index (κ1) is 15.4. The molecule has 1 heterocycles. The van der Waals surface area contributed by atoms with E-state index in [0.29, 0.717) is 17.3 Å². The van der Waals surface area contributed by atoms with Gasteiger partial charge in [-0.1, -0.05) is 17.7 Å². The Bertz CT molecular complexity index is 804. The van der Waals surface area contributed by atoms with Crippen LogP contribution >= 0.6 is 11.6 Å². The average molecular weight is 331 g/mol. The molecule has 2 amide bonds. The maximum Gasteiger partial charge on any atom is 0.262 e. The number of phenols is 1. The Kier molecular flexibility index (Phi) is 3.96. The second-order valence-corrected chi connectivity index (χ2v) is 5.83. The quantitative estimate of drug-likeness (QED) is 0.831. The molecule has 1 aliphatic rings. The number of nitrogens with zero attached hydrogens (tertiary/aromatic N) is 1. The summed E-state index contributed by atoms with van der Waals surface area (Å²) in [5.74, 6) is -0.692. The number of nitrogens with one attached hydrogen (secondary N) is 1. The highest BCUT2D eigenvalue weighted by molar-refractivity contribution is 6.31. The third kappa shape index (κ3) is 3.00. The first-order valence-corrected chi connectivity index (χ1v) is 7.54. The van der Waals surface area contributed by atoms with E-state index < -0.39 is 0 Å². The van der Waals surface area contributed by atoms with Crippen LogP contribution in [0.5, 0.6) is 5.75 Å². The van der Waals surface area contributed by atoms with Crippen molar-refractivity contribution in [2.45, 2.75) is 13.3 Å². The molecule has 0 saturated heterocycles. The van der Waals surface area contributed by atoms with Gasteiger partial charge in [-0.3, -0.25) is 9.59 Å². The zero-order valence-corrected chi connectivity index (χ0v) is 13.2. The fraction of sp³-hybridized carbons (Fsp3) is 0.176. The van der Waals surface area contributed by atoms with Gasteiger partial charge in [0.05, 0.1) is 5.56 Å². The van der Waals surface area contributed by atoms with E-state index in [0.717, 1.165) is 17.7 Å². The minimum absolute atomic E-state index is 0.125. The summed E-state index contributed by atoms with van der Waals surface area (Å²) in [4.78, 5) is 25.5. The van der Waals surface area contributed by atoms with Crippen molar-refractivity contribution >= 4 is 34.8 Å². The van der Waals surface area contributed by atoms with Crippen LogP contribution in [-0.2, 0) is 11.2 Å². The van der Waals surface area contributed by atoms with Crippen molar-refractivity contribution in [3.8, 4) is 5.75 Å². The van der Waals surface area contributed by atoms with E-state index in [2.05, 4.69) is 5.32 Å². The largest absolute Gasteiger partial charge is 0.507 e. The Labute approximate surface area is 138 Å². The Balaban J connectivity index is 1.96. The highest BCUT2D eigenvalue weighted by atomic mass is 35.5. The number of hydrogen-bond acceptors (Lipinski definition) is 3. The highest BCUT2D eigenvalue weighted by Gasteiger charge is 2.27. The molecule has 3 rings (SSSR count). The fourth-order valence-corrected chi connectivity index (χ4v) is 2.86. The Morgan fingerprint density at radius 2 is 2.00 bits per heavy atom. The van der Waals surface area contributed by atoms with Crippen molar-refractivity contribution in [2.24, 2.45) is 0 Å². The molecule has 6 heteroatoms. The monoisotopic (exact) mass is 330 g/mol. The van der Waals surface area contributed by atoms with Gasteiger partial charge in [0.15, 0.2) is 0 Å². The van der Waals surface area contributed by atoms with Gasteiger partial charge in [-0.05, 0) is 42.3 Å². The number of rotatable bonds is 2. The van der Waals surface area contributed by atoms with Crippen molar-refractivity contribution in [3.05, 3.63) is 52.5 Å². The SMILES string of the molecule is CC(=O)Nc1ccc(O)c(C(=O)N2CCc3ccc(Cl)cc32)c1. The number of anilines is 2. The summed E-state index contributed by atoms with van der Waals surface area (Å²) < 4.78 is 0. The summed E-state index contributed by atoms with van der Waals surface area (Å²) >= 11 is 6.02. The molecule has 2 N–H and O–H groups in total. The van der Waals surface area contributed by atoms with Gasteiger partial charge < -0.3 is 15.3 Å². The molecule has 1 aliphatic heterocycles. The van der Waals surface area contributed by atoms with Crippen molar-refractivity contribution in [3.63, 3.8) is 0 Å². The number of halogens is 1. The number of benzene rings is 2. The summed E-state index contributed by atoms with van der Waals surface area (Å²) in [7, 11) is 0. The second-order valence-electron chi connectivity index (χ2n) is 5.39. The van der Waals surface area contributed by atoms with Gasteiger partial charge in [-0.2, -0.15) is 0 Å². The number of amides is 2. The van der Waals surface area contributed by atoms with E-state index in [1.54, 1.807) is 23.1 Å². The molecule has 0 saturated carbocycles. The van der Waals surface area contributed by atoms with Crippen LogP contribution in [0, 0.1) is 0 Å². The Hall–Kier alpha value is -2.53. The van der Waals surface area contributed by atoms with Crippen LogP contribution in [-0.4, -0.2) is 23.5 Å². The molecule has 0 aliphatic carbocycles. The van der Waals surface area contributed by atoms with Crippen LogP contribution in [0.1, 0.15) is 22.8 Å². The summed E-state index contributed by atoms with van der Waals surface area (Å²) in [5, 5.41) is 13.2. The van der Waals surface area contributed by atoms with Crippen molar-refractivity contribution in [1.29, 1.82) is 0 Å². The summed E-state index contributed by atoms with van der Waals surface area (Å²) in [6.07, 6.45) is 0.740. The van der Waals surface area contributed by atoms with Crippen molar-refractivity contribution < 1.29 is 14.7 Å². The van der Waals surface area contributed by atoms with Crippen LogP contribution in [0.2, 0.25) is 5.02 Å². The zero-order chi connectivity index (χ0) is 16.6. The molecule has 0 atom stereocenters. The number of phenolic OH excluding ortho intramolecular Hbond substituents is 1. The molecule has 118 valence electrons. The van der Waals surface area contributed by atoms with E-state index in [-0.39, 0.29) is 23.1 Å². The molecule has 2 aromatic rings. The van der Waals surface area contributed by atoms with Gasteiger partial charge >= 0.3 is 0 Å². The standard InChI is InChI=1S/C17H15ClN2O3/c1-10(21)19-13-4-5-16(22)14(9-13)17(23)20-7-6-11-2-3-12(18)8-15(11)20/h2-5,8-9,22H,6-7H2,1H3,(H,19,21). The fourth-order valence-electron chi connectivity index (χ4n) is 2.70. The predicted molar refractivity (Wildman–Crippen MR) is 89.2 cm³/mol. The van der Waals surface area contributed by atoms with Crippen LogP contribution in [0.4, 0.5) is 11.4 Å². The van der Waals surface area contributed by atoms with Gasteiger partial charge in [0.2, 0.25) is 5.91 Å². The molecular formula is C17H15ClN2O3. The summed E-state index contributed by atoms with van der Waals surface area (Å²) in [6, 6.07) is 9.86. The lowest BCUT2D eigenvalue weighted by atomic mass is 10.1. The zero-order valence-electron chi connectivity index (χ0n) is 12.5. The molecule has 2 aromatic carbocycles. The molecule has 5 nitrogen and oxygen atoms in total. The molecule has 23 heavy (non-hydrogen) atoms. The Morgan fingerprint density at radius 1 is 1.22 bits per heavy atom. The molecule has 0 aromatic heterocycles. The Morgan fingerprint density at radius 3 is 2.74 bits per heavy atom. The third-order valence-electron chi connectivity index (χ3n) is 3.74. The minimum Gasteiger partial charge on any atom is -0.507 e. The third-order valence-corrected chi connectivity index (χ3v) is 3.97. The van der Waals surface area contributed by atoms with E-state index in [1.807, 2.05) is 6.07 Å². The molecule has 0 bridgehead atoms. The van der Waals surface area contributed by atoms with E-state index in [1.165, 1.54) is 19.1 Å². The van der Waals surface area contributed by atoms with E-state index in [9.17, 15) is 14.7 Å². The van der Waals surface area contributed by atoms with Gasteiger partial charge in [0.1, 0.15) is 5.75 Å². The lowest BCUT2D eigenvalue weighted by Gasteiger charge is -2.18. The van der Waals surface area contributed by atoms with Crippen LogP contribution in [0.3, 0.4) is 0 Å². The van der Waals surface area contributed by atoms with Crippen LogP contribution in [0.25, 0.3) is 0 Å². The number of carbonyl (C=O) groups is 2. The maximum absolute atomic E-state index is 12.8. The first-order chi connectivity index (χ1) is 11.0. The van der Waals surface area contributed by atoms with Gasteiger partial charge in [0, 0.05) is 29.9 Å². The number of hydrogen-bond donors (Lipinski definition) is 2. The lowest BCUT2D eigenvalue weighted by molar-refractivity contribution is -0.114. The van der Waals surface area contributed by atoms with Crippen LogP contribution in [0.15, 0.2) is 36.4 Å². The van der Waals surface area contributed by atoms with Crippen molar-refractivity contribution in [1.82, 2.24) is 0 Å². The minimum atomic E-state index is -0.323. The molecule has 0 unspecified atom stereocenters. The molecular weight excluding hydrogens is 316 g/mol. The van der Waals surface area contributed by atoms with Crippen molar-refractivity contribution in [2.75, 3.05) is 16.8 Å². The van der Waals surface area contributed by atoms with Gasteiger partial charge in [-0.15, -0.1) is 0 Å². The molecule has 0 fully saturated rings. The predicted octanol–water partition coefficient (Wildman–Crippen LogP) is 3.21. The first-order valence-electron chi connectivity index (χ1n) is 7.16. The smallest absolute Gasteiger partial charge is 0.262 e. The second kappa shape index (κ2) is 5.93. The summed E-state index contributed by atoms with van der Waals surface area (Å²) in [5.41, 5.74) is 2.40.